The lowest BCUT2D eigenvalue weighted by molar-refractivity contribution is 0.193. The molecule has 0 heterocycles. The number of rotatable bonds is 4. The molecule has 1 aromatic carbocycles. The molecule has 1 heteroatoms. The van der Waals surface area contributed by atoms with E-state index in [0.29, 0.717) is 0 Å². The molecule has 0 aromatic heterocycles. The Morgan fingerprint density at radius 1 is 0.727 bits per heavy atom. The Hall–Kier alpha value is -0.980. The second kappa shape index (κ2) is 5.28. The number of nitrogens with one attached hydrogen (secondary N) is 1. The van der Waals surface area contributed by atoms with Gasteiger partial charge in [0.15, 0.2) is 0 Å². The zero-order chi connectivity index (χ0) is 14.5. The quantitative estimate of drug-likeness (QED) is 0.790. The maximum Gasteiger partial charge on any atom is 0.0342 e. The predicted molar refractivity (Wildman–Crippen MR) is 91.7 cm³/mol. The number of fused-ring (bicyclic) bond motifs is 4. The molecule has 4 aliphatic carbocycles. The first kappa shape index (κ1) is 13.5. The summed E-state index contributed by atoms with van der Waals surface area (Å²) >= 11 is 0. The SMILES string of the molecule is c1ccc(NC(C2CC3CCC2C3)C2CC3CCC2C3)cc1. The van der Waals surface area contributed by atoms with Crippen LogP contribution < -0.4 is 5.32 Å². The monoisotopic (exact) mass is 295 g/mol. The first-order chi connectivity index (χ1) is 10.9. The Kier molecular flexibility index (Phi) is 3.23. The van der Waals surface area contributed by atoms with Crippen molar-refractivity contribution in [3.05, 3.63) is 30.3 Å². The zero-order valence-corrected chi connectivity index (χ0v) is 13.6. The predicted octanol–water partition coefficient (Wildman–Crippen LogP) is 5.34. The highest BCUT2D eigenvalue weighted by molar-refractivity contribution is 5.44. The third-order valence-corrected chi connectivity index (χ3v) is 7.62. The summed E-state index contributed by atoms with van der Waals surface area (Å²) in [6.45, 7) is 0. The Balaban J connectivity index is 1.41. The number of anilines is 1. The van der Waals surface area contributed by atoms with Gasteiger partial charge in [0, 0.05) is 11.7 Å². The smallest absolute Gasteiger partial charge is 0.0342 e. The molecule has 118 valence electrons. The van der Waals surface area contributed by atoms with Gasteiger partial charge in [-0.25, -0.2) is 0 Å². The Morgan fingerprint density at radius 2 is 1.32 bits per heavy atom. The van der Waals surface area contributed by atoms with Crippen molar-refractivity contribution in [2.24, 2.45) is 35.5 Å². The molecular weight excluding hydrogens is 266 g/mol. The van der Waals surface area contributed by atoms with Crippen LogP contribution >= 0.6 is 0 Å². The highest BCUT2D eigenvalue weighted by Gasteiger charge is 2.50. The van der Waals surface area contributed by atoms with Crippen molar-refractivity contribution in [1.82, 2.24) is 0 Å². The van der Waals surface area contributed by atoms with Crippen LogP contribution in [0.3, 0.4) is 0 Å². The fourth-order valence-corrected chi connectivity index (χ4v) is 6.73. The molecule has 6 atom stereocenters. The molecule has 0 amide bonds. The fraction of sp³-hybridized carbons (Fsp3) is 0.714. The normalized spacial score (nSPS) is 43.6. The number of benzene rings is 1. The first-order valence-corrected chi connectivity index (χ1v) is 9.68. The number of hydrogen-bond donors (Lipinski definition) is 1. The highest BCUT2D eigenvalue weighted by atomic mass is 14.9. The third kappa shape index (κ3) is 2.20. The minimum atomic E-state index is 0.757. The molecule has 1 aromatic rings. The van der Waals surface area contributed by atoms with E-state index in [2.05, 4.69) is 35.6 Å². The maximum atomic E-state index is 4.03. The molecule has 0 aliphatic heterocycles. The van der Waals surface area contributed by atoms with Crippen LogP contribution in [-0.2, 0) is 0 Å². The summed E-state index contributed by atoms with van der Waals surface area (Å²) in [5.74, 6) is 6.12. The van der Waals surface area contributed by atoms with Crippen LogP contribution in [0.2, 0.25) is 0 Å². The van der Waals surface area contributed by atoms with Gasteiger partial charge in [0.05, 0.1) is 0 Å². The average molecular weight is 295 g/mol. The molecule has 4 saturated carbocycles. The van der Waals surface area contributed by atoms with Gasteiger partial charge in [-0.2, -0.15) is 0 Å². The van der Waals surface area contributed by atoms with Gasteiger partial charge in [0.1, 0.15) is 0 Å². The summed E-state index contributed by atoms with van der Waals surface area (Å²) in [5, 5.41) is 4.03. The van der Waals surface area contributed by atoms with Gasteiger partial charge in [-0.05, 0) is 86.2 Å². The van der Waals surface area contributed by atoms with Crippen molar-refractivity contribution in [3.8, 4) is 0 Å². The first-order valence-electron chi connectivity index (χ1n) is 9.68. The lowest BCUT2D eigenvalue weighted by Gasteiger charge is -2.39. The molecule has 0 saturated heterocycles. The van der Waals surface area contributed by atoms with Crippen LogP contribution in [0.1, 0.15) is 51.4 Å². The standard InChI is InChI=1S/C21H29N/c1-2-4-18(5-3-1)22-21(19-12-14-6-8-16(19)10-14)20-13-15-7-9-17(20)11-15/h1-5,14-17,19-22H,6-13H2. The van der Waals surface area contributed by atoms with Crippen molar-refractivity contribution in [2.75, 3.05) is 5.32 Å². The van der Waals surface area contributed by atoms with E-state index >= 15 is 0 Å². The Bertz CT molecular complexity index is 496. The number of para-hydroxylation sites is 1. The Labute approximate surface area is 134 Å². The van der Waals surface area contributed by atoms with Gasteiger partial charge < -0.3 is 5.32 Å². The van der Waals surface area contributed by atoms with E-state index < -0.39 is 0 Å². The van der Waals surface area contributed by atoms with Crippen molar-refractivity contribution in [2.45, 2.75) is 57.4 Å². The van der Waals surface area contributed by atoms with Crippen LogP contribution in [0.25, 0.3) is 0 Å². The van der Waals surface area contributed by atoms with Crippen molar-refractivity contribution < 1.29 is 0 Å². The van der Waals surface area contributed by atoms with Gasteiger partial charge in [-0.15, -0.1) is 0 Å². The second-order valence-electron chi connectivity index (χ2n) is 8.71. The van der Waals surface area contributed by atoms with Crippen LogP contribution in [0, 0.1) is 35.5 Å². The number of hydrogen-bond acceptors (Lipinski definition) is 1. The van der Waals surface area contributed by atoms with E-state index in [1.54, 1.807) is 12.8 Å². The maximum absolute atomic E-state index is 4.03. The molecule has 1 nitrogen and oxygen atoms in total. The zero-order valence-electron chi connectivity index (χ0n) is 13.6. The molecule has 5 rings (SSSR count). The van der Waals surface area contributed by atoms with Crippen LogP contribution in [-0.4, -0.2) is 6.04 Å². The van der Waals surface area contributed by atoms with E-state index in [1.165, 1.54) is 44.2 Å². The lowest BCUT2D eigenvalue weighted by Crippen LogP contribution is -2.41. The molecule has 4 fully saturated rings. The van der Waals surface area contributed by atoms with Gasteiger partial charge in [0.2, 0.25) is 0 Å². The fourth-order valence-electron chi connectivity index (χ4n) is 6.73. The largest absolute Gasteiger partial charge is 0.382 e. The van der Waals surface area contributed by atoms with E-state index in [1.807, 2.05) is 0 Å². The molecule has 4 bridgehead atoms. The van der Waals surface area contributed by atoms with E-state index in [0.717, 1.165) is 41.5 Å². The summed E-state index contributed by atoms with van der Waals surface area (Å²) in [6, 6.07) is 11.8. The van der Waals surface area contributed by atoms with Gasteiger partial charge in [-0.1, -0.05) is 31.0 Å². The molecule has 1 N–H and O–H groups in total. The van der Waals surface area contributed by atoms with Gasteiger partial charge in [-0.3, -0.25) is 0 Å². The molecule has 4 aliphatic rings. The van der Waals surface area contributed by atoms with Crippen molar-refractivity contribution >= 4 is 5.69 Å². The lowest BCUT2D eigenvalue weighted by atomic mass is 9.72. The highest BCUT2D eigenvalue weighted by Crippen LogP contribution is 2.56. The summed E-state index contributed by atoms with van der Waals surface area (Å²) < 4.78 is 0. The van der Waals surface area contributed by atoms with E-state index in [9.17, 15) is 0 Å². The minimum Gasteiger partial charge on any atom is -0.382 e. The van der Waals surface area contributed by atoms with Crippen LogP contribution in [0.15, 0.2) is 30.3 Å². The van der Waals surface area contributed by atoms with Crippen molar-refractivity contribution in [3.63, 3.8) is 0 Å². The second-order valence-corrected chi connectivity index (χ2v) is 8.71. The average Bonchev–Trinajstić information content (AvgIpc) is 3.33. The molecule has 22 heavy (non-hydrogen) atoms. The van der Waals surface area contributed by atoms with E-state index in [4.69, 9.17) is 0 Å². The van der Waals surface area contributed by atoms with Crippen molar-refractivity contribution in [1.29, 1.82) is 0 Å². The summed E-state index contributed by atoms with van der Waals surface area (Å²) in [7, 11) is 0. The van der Waals surface area contributed by atoms with Gasteiger partial charge >= 0.3 is 0 Å². The van der Waals surface area contributed by atoms with E-state index in [-0.39, 0.29) is 0 Å². The summed E-state index contributed by atoms with van der Waals surface area (Å²) in [6.07, 6.45) is 12.2. The van der Waals surface area contributed by atoms with Crippen LogP contribution in [0.4, 0.5) is 5.69 Å². The molecule has 0 spiro atoms. The topological polar surface area (TPSA) is 12.0 Å². The molecular formula is C21H29N. The van der Waals surface area contributed by atoms with Crippen LogP contribution in [0.5, 0.6) is 0 Å². The molecule has 6 unspecified atom stereocenters. The van der Waals surface area contributed by atoms with Gasteiger partial charge in [0.25, 0.3) is 0 Å². The minimum absolute atomic E-state index is 0.757. The molecule has 0 radical (unpaired) electrons. The summed E-state index contributed by atoms with van der Waals surface area (Å²) in [5.41, 5.74) is 1.36. The third-order valence-electron chi connectivity index (χ3n) is 7.62. The Morgan fingerprint density at radius 3 is 1.77 bits per heavy atom. The summed E-state index contributed by atoms with van der Waals surface area (Å²) in [4.78, 5) is 0.